The van der Waals surface area contributed by atoms with Gasteiger partial charge in [-0.05, 0) is 13.3 Å². The molecular formula is C9H16N4O. The Labute approximate surface area is 83.2 Å². The van der Waals surface area contributed by atoms with Gasteiger partial charge in [-0.25, -0.2) is 0 Å². The summed E-state index contributed by atoms with van der Waals surface area (Å²) >= 11 is 0. The van der Waals surface area contributed by atoms with Crippen molar-refractivity contribution in [1.29, 1.82) is 0 Å². The summed E-state index contributed by atoms with van der Waals surface area (Å²) < 4.78 is 7.16. The van der Waals surface area contributed by atoms with E-state index in [1.807, 2.05) is 17.8 Å². The molecule has 0 radical (unpaired) electrons. The van der Waals surface area contributed by atoms with Crippen LogP contribution in [0.3, 0.4) is 0 Å². The van der Waals surface area contributed by atoms with Gasteiger partial charge in [0.25, 0.3) is 0 Å². The van der Waals surface area contributed by atoms with Crippen LogP contribution in [0.1, 0.15) is 25.1 Å². The van der Waals surface area contributed by atoms with Gasteiger partial charge in [-0.1, -0.05) is 5.21 Å². The summed E-state index contributed by atoms with van der Waals surface area (Å²) in [7, 11) is 0. The summed E-state index contributed by atoms with van der Waals surface area (Å²) in [5.41, 5.74) is 6.55. The first-order valence-corrected chi connectivity index (χ1v) is 4.99. The first kappa shape index (κ1) is 9.61. The van der Waals surface area contributed by atoms with Crippen molar-refractivity contribution >= 4 is 0 Å². The fraction of sp³-hybridized carbons (Fsp3) is 0.778. The number of aromatic nitrogens is 3. The van der Waals surface area contributed by atoms with Crippen molar-refractivity contribution in [2.24, 2.45) is 11.7 Å². The van der Waals surface area contributed by atoms with E-state index in [0.29, 0.717) is 5.92 Å². The fourth-order valence-electron chi connectivity index (χ4n) is 1.60. The molecule has 2 heterocycles. The van der Waals surface area contributed by atoms with Gasteiger partial charge in [0.1, 0.15) is 0 Å². The van der Waals surface area contributed by atoms with Crippen LogP contribution in [0.5, 0.6) is 0 Å². The second-order valence-corrected chi connectivity index (χ2v) is 3.88. The highest BCUT2D eigenvalue weighted by molar-refractivity contribution is 4.97. The average Bonchev–Trinajstić information content (AvgIpc) is 2.75. The Morgan fingerprint density at radius 1 is 1.79 bits per heavy atom. The topological polar surface area (TPSA) is 66.0 Å². The Hall–Kier alpha value is -0.940. The molecule has 1 aromatic heterocycles. The van der Waals surface area contributed by atoms with Crippen LogP contribution in [0.25, 0.3) is 0 Å². The van der Waals surface area contributed by atoms with Gasteiger partial charge in [0, 0.05) is 25.1 Å². The third-order valence-electron chi connectivity index (χ3n) is 2.49. The molecule has 0 aliphatic carbocycles. The second kappa shape index (κ2) is 4.06. The highest BCUT2D eigenvalue weighted by atomic mass is 16.5. The Morgan fingerprint density at radius 3 is 3.21 bits per heavy atom. The maximum atomic E-state index is 5.69. The van der Waals surface area contributed by atoms with Crippen LogP contribution in [0.2, 0.25) is 0 Å². The van der Waals surface area contributed by atoms with Crippen molar-refractivity contribution in [3.05, 3.63) is 11.9 Å². The number of ether oxygens (including phenoxy) is 1. The van der Waals surface area contributed by atoms with Crippen LogP contribution < -0.4 is 5.73 Å². The van der Waals surface area contributed by atoms with Gasteiger partial charge in [-0.15, -0.1) is 5.10 Å². The maximum Gasteiger partial charge on any atom is 0.0991 e. The molecule has 0 amide bonds. The minimum atomic E-state index is -0.0384. The minimum Gasteiger partial charge on any atom is -0.381 e. The molecule has 78 valence electrons. The predicted octanol–water partition coefficient (Wildman–Crippen LogP) is 0.334. The van der Waals surface area contributed by atoms with Gasteiger partial charge in [0.2, 0.25) is 0 Å². The number of hydrogen-bond acceptors (Lipinski definition) is 4. The van der Waals surface area contributed by atoms with E-state index in [0.717, 1.165) is 31.9 Å². The van der Waals surface area contributed by atoms with Crippen LogP contribution in [0, 0.1) is 5.92 Å². The summed E-state index contributed by atoms with van der Waals surface area (Å²) in [4.78, 5) is 0. The molecule has 0 bridgehead atoms. The first-order valence-electron chi connectivity index (χ1n) is 4.99. The van der Waals surface area contributed by atoms with Crippen molar-refractivity contribution in [1.82, 2.24) is 15.0 Å². The molecule has 1 aliphatic rings. The molecular weight excluding hydrogens is 180 g/mol. The van der Waals surface area contributed by atoms with Crippen LogP contribution in [-0.2, 0) is 11.3 Å². The predicted molar refractivity (Wildman–Crippen MR) is 51.6 cm³/mol. The van der Waals surface area contributed by atoms with Gasteiger partial charge < -0.3 is 10.5 Å². The zero-order chi connectivity index (χ0) is 9.97. The molecule has 14 heavy (non-hydrogen) atoms. The molecule has 5 heteroatoms. The number of hydrogen-bond donors (Lipinski definition) is 1. The summed E-state index contributed by atoms with van der Waals surface area (Å²) in [6, 6.07) is -0.0384. The quantitative estimate of drug-likeness (QED) is 0.756. The first-order chi connectivity index (χ1) is 6.75. The standard InChI is InChI=1S/C9H16N4O/c1-7(10)9-5-13(12-11-9)4-8-2-3-14-6-8/h5,7-8H,2-4,6,10H2,1H3/t7-,8?/m1/s1. The number of nitrogens with zero attached hydrogens (tertiary/aromatic N) is 3. The van der Waals surface area contributed by atoms with E-state index in [1.165, 1.54) is 0 Å². The van der Waals surface area contributed by atoms with E-state index < -0.39 is 0 Å². The van der Waals surface area contributed by atoms with E-state index in [9.17, 15) is 0 Å². The molecule has 1 fully saturated rings. The van der Waals surface area contributed by atoms with Crippen LogP contribution in [-0.4, -0.2) is 28.2 Å². The second-order valence-electron chi connectivity index (χ2n) is 3.88. The molecule has 2 N–H and O–H groups in total. The lowest BCUT2D eigenvalue weighted by Crippen LogP contribution is -2.11. The Balaban J connectivity index is 1.95. The molecule has 2 rings (SSSR count). The SMILES string of the molecule is C[C@@H](N)c1cn(CC2CCOC2)nn1. The molecule has 0 spiro atoms. The third kappa shape index (κ3) is 2.10. The lowest BCUT2D eigenvalue weighted by Gasteiger charge is -2.05. The van der Waals surface area contributed by atoms with Crippen molar-refractivity contribution in [3.8, 4) is 0 Å². The molecule has 1 saturated heterocycles. The van der Waals surface area contributed by atoms with Crippen LogP contribution in [0.15, 0.2) is 6.20 Å². The van der Waals surface area contributed by atoms with Gasteiger partial charge in [-0.2, -0.15) is 0 Å². The van der Waals surface area contributed by atoms with E-state index in [-0.39, 0.29) is 6.04 Å². The molecule has 1 unspecified atom stereocenters. The number of nitrogens with two attached hydrogens (primary N) is 1. The molecule has 0 aromatic carbocycles. The van der Waals surface area contributed by atoms with E-state index >= 15 is 0 Å². The molecule has 1 aliphatic heterocycles. The smallest absolute Gasteiger partial charge is 0.0991 e. The van der Waals surface area contributed by atoms with Gasteiger partial charge in [0.15, 0.2) is 0 Å². The molecule has 1 aromatic rings. The van der Waals surface area contributed by atoms with E-state index in [4.69, 9.17) is 10.5 Å². The van der Waals surface area contributed by atoms with Crippen LogP contribution >= 0.6 is 0 Å². The van der Waals surface area contributed by atoms with Crippen molar-refractivity contribution < 1.29 is 4.74 Å². The zero-order valence-corrected chi connectivity index (χ0v) is 8.39. The Morgan fingerprint density at radius 2 is 2.64 bits per heavy atom. The van der Waals surface area contributed by atoms with Gasteiger partial charge >= 0.3 is 0 Å². The van der Waals surface area contributed by atoms with Crippen molar-refractivity contribution in [2.45, 2.75) is 25.9 Å². The Kier molecular flexibility index (Phi) is 2.79. The highest BCUT2D eigenvalue weighted by Crippen LogP contribution is 2.14. The largest absolute Gasteiger partial charge is 0.381 e. The van der Waals surface area contributed by atoms with Gasteiger partial charge in [0.05, 0.1) is 18.5 Å². The molecule has 2 atom stereocenters. The van der Waals surface area contributed by atoms with E-state index in [1.54, 1.807) is 0 Å². The van der Waals surface area contributed by atoms with Gasteiger partial charge in [-0.3, -0.25) is 4.68 Å². The zero-order valence-electron chi connectivity index (χ0n) is 8.39. The van der Waals surface area contributed by atoms with Crippen molar-refractivity contribution in [3.63, 3.8) is 0 Å². The lowest BCUT2D eigenvalue weighted by molar-refractivity contribution is 0.181. The lowest BCUT2D eigenvalue weighted by atomic mass is 10.1. The number of rotatable bonds is 3. The highest BCUT2D eigenvalue weighted by Gasteiger charge is 2.17. The third-order valence-corrected chi connectivity index (χ3v) is 2.49. The minimum absolute atomic E-state index is 0.0384. The summed E-state index contributed by atoms with van der Waals surface area (Å²) in [6.07, 6.45) is 3.04. The average molecular weight is 196 g/mol. The van der Waals surface area contributed by atoms with Crippen molar-refractivity contribution in [2.75, 3.05) is 13.2 Å². The molecule has 0 saturated carbocycles. The monoisotopic (exact) mass is 196 g/mol. The fourth-order valence-corrected chi connectivity index (χ4v) is 1.60. The molecule has 5 nitrogen and oxygen atoms in total. The summed E-state index contributed by atoms with van der Waals surface area (Å²) in [6.45, 7) is 4.51. The summed E-state index contributed by atoms with van der Waals surface area (Å²) in [5.74, 6) is 0.581. The maximum absolute atomic E-state index is 5.69. The van der Waals surface area contributed by atoms with E-state index in [2.05, 4.69) is 10.3 Å². The van der Waals surface area contributed by atoms with Crippen LogP contribution in [0.4, 0.5) is 0 Å². The summed E-state index contributed by atoms with van der Waals surface area (Å²) in [5, 5.41) is 8.04. The normalized spacial score (nSPS) is 24.0. The Bertz CT molecular complexity index is 291.